The predicted octanol–water partition coefficient (Wildman–Crippen LogP) is 5.64. The quantitative estimate of drug-likeness (QED) is 0.248. The number of aromatic nitrogens is 5. The number of hydrogen-bond acceptors (Lipinski definition) is 8. The maximum absolute atomic E-state index is 15.0. The van der Waals surface area contributed by atoms with Crippen molar-refractivity contribution in [3.8, 4) is 17.0 Å². The largest absolute Gasteiger partial charge is 0.478 e. The van der Waals surface area contributed by atoms with Crippen LogP contribution in [0.1, 0.15) is 48.7 Å². The summed E-state index contributed by atoms with van der Waals surface area (Å²) in [7, 11) is 1.54. The summed E-state index contributed by atoms with van der Waals surface area (Å²) < 4.78 is 66.9. The zero-order chi connectivity index (χ0) is 28.9. The van der Waals surface area contributed by atoms with Crippen LogP contribution in [0.25, 0.3) is 11.1 Å². The highest BCUT2D eigenvalue weighted by Crippen LogP contribution is 2.59. The van der Waals surface area contributed by atoms with E-state index < -0.39 is 23.3 Å². The van der Waals surface area contributed by atoms with Gasteiger partial charge in [-0.3, -0.25) is 9.48 Å². The van der Waals surface area contributed by atoms with Gasteiger partial charge < -0.3 is 19.9 Å². The van der Waals surface area contributed by atoms with Crippen molar-refractivity contribution in [2.45, 2.75) is 56.7 Å². The normalized spacial score (nSPS) is 16.0. The first-order valence-electron chi connectivity index (χ1n) is 12.9. The van der Waals surface area contributed by atoms with Gasteiger partial charge in [-0.2, -0.15) is 13.2 Å². The second kappa shape index (κ2) is 9.85. The van der Waals surface area contributed by atoms with Gasteiger partial charge >= 0.3 is 6.18 Å². The first-order chi connectivity index (χ1) is 19.6. The molecule has 14 heteroatoms. The highest BCUT2D eigenvalue weighted by Gasteiger charge is 2.66. The van der Waals surface area contributed by atoms with Crippen LogP contribution in [0, 0.1) is 12.7 Å². The Morgan fingerprint density at radius 2 is 2.02 bits per heavy atom. The van der Waals surface area contributed by atoms with E-state index in [9.17, 15) is 22.4 Å². The minimum Gasteiger partial charge on any atom is -0.478 e. The van der Waals surface area contributed by atoms with Crippen molar-refractivity contribution >= 4 is 23.4 Å². The second-order valence-electron chi connectivity index (χ2n) is 10.3. The number of nitrogens with one attached hydrogen (secondary N) is 2. The van der Waals surface area contributed by atoms with Crippen LogP contribution in [0.4, 0.5) is 35.0 Å². The van der Waals surface area contributed by atoms with Crippen LogP contribution in [0.15, 0.2) is 41.2 Å². The molecule has 2 aliphatic rings. The number of aryl methyl sites for hydroxylation is 1. The van der Waals surface area contributed by atoms with E-state index in [4.69, 9.17) is 9.26 Å². The van der Waals surface area contributed by atoms with Crippen LogP contribution >= 0.6 is 0 Å². The van der Waals surface area contributed by atoms with Crippen LogP contribution in [0.5, 0.6) is 5.88 Å². The molecule has 0 unspecified atom stereocenters. The number of carbonyl (C=O) groups is 1. The Balaban J connectivity index is 1.11. The number of alkyl halides is 3. The third kappa shape index (κ3) is 5.21. The van der Waals surface area contributed by atoms with Gasteiger partial charge in [0.05, 0.1) is 31.5 Å². The number of carbonyl (C=O) groups excluding carboxylic acids is 1. The van der Waals surface area contributed by atoms with Gasteiger partial charge in [0.1, 0.15) is 16.9 Å². The molecule has 0 atom stereocenters. The summed E-state index contributed by atoms with van der Waals surface area (Å²) in [5.41, 5.74) is 0.385. The summed E-state index contributed by atoms with van der Waals surface area (Å²) in [5.74, 6) is -1.03. The number of nitrogens with zero attached hydrogens (tertiary/aromatic N) is 5. The molecule has 4 aromatic rings. The van der Waals surface area contributed by atoms with Crippen molar-refractivity contribution in [3.05, 3.63) is 59.5 Å². The summed E-state index contributed by atoms with van der Waals surface area (Å²) in [6.07, 6.45) is 0.550. The lowest BCUT2D eigenvalue weighted by Gasteiger charge is -2.14. The molecule has 3 heterocycles. The Kier molecular flexibility index (Phi) is 6.42. The third-order valence-corrected chi connectivity index (χ3v) is 7.30. The Morgan fingerprint density at radius 1 is 1.24 bits per heavy atom. The monoisotopic (exact) mass is 571 g/mol. The van der Waals surface area contributed by atoms with Crippen LogP contribution in [0.3, 0.4) is 0 Å². The van der Waals surface area contributed by atoms with Gasteiger partial charge in [0, 0.05) is 17.8 Å². The smallest absolute Gasteiger partial charge is 0.401 e. The van der Waals surface area contributed by atoms with Crippen LogP contribution < -0.4 is 15.4 Å². The molecular formula is C27H25F4N7O3. The fourth-order valence-corrected chi connectivity index (χ4v) is 4.64. The fraction of sp³-hybridized carbons (Fsp3) is 0.370. The van der Waals surface area contributed by atoms with Gasteiger partial charge in [-0.15, -0.1) is 5.10 Å². The summed E-state index contributed by atoms with van der Waals surface area (Å²) in [4.78, 5) is 21.3. The molecule has 1 amide bonds. The fourth-order valence-electron chi connectivity index (χ4n) is 4.64. The van der Waals surface area contributed by atoms with E-state index >= 15 is 0 Å². The highest BCUT2D eigenvalue weighted by molar-refractivity contribution is 5.91. The number of anilines is 3. The first kappa shape index (κ1) is 26.7. The molecule has 1 aromatic carbocycles. The van der Waals surface area contributed by atoms with E-state index in [2.05, 4.69) is 30.9 Å². The van der Waals surface area contributed by atoms with Crippen LogP contribution in [-0.4, -0.2) is 44.1 Å². The molecule has 2 fully saturated rings. The molecule has 2 aliphatic carbocycles. The molecule has 0 saturated heterocycles. The molecule has 6 rings (SSSR count). The minimum atomic E-state index is -4.47. The zero-order valence-corrected chi connectivity index (χ0v) is 22.0. The predicted molar refractivity (Wildman–Crippen MR) is 138 cm³/mol. The minimum absolute atomic E-state index is 0.0961. The third-order valence-electron chi connectivity index (χ3n) is 7.30. The van der Waals surface area contributed by atoms with Crippen LogP contribution in [-0.2, 0) is 16.6 Å². The van der Waals surface area contributed by atoms with E-state index in [0.29, 0.717) is 40.4 Å². The number of halogens is 4. The van der Waals surface area contributed by atoms with Gasteiger partial charge in [0.2, 0.25) is 11.9 Å². The molecular weight excluding hydrogens is 546 g/mol. The average Bonchev–Trinajstić information content (AvgIpc) is 3.84. The van der Waals surface area contributed by atoms with E-state index in [1.165, 1.54) is 19.2 Å². The summed E-state index contributed by atoms with van der Waals surface area (Å²) in [6, 6.07) is 5.82. The number of hydrogen-bond donors (Lipinski definition) is 2. The van der Waals surface area contributed by atoms with E-state index in [1.807, 2.05) is 10.9 Å². The number of ether oxygens (including phenoxy) is 1. The average molecular weight is 572 g/mol. The second-order valence-corrected chi connectivity index (χ2v) is 10.3. The summed E-state index contributed by atoms with van der Waals surface area (Å²) in [6.45, 7) is 1.77. The molecule has 0 spiro atoms. The maximum atomic E-state index is 15.0. The lowest BCUT2D eigenvalue weighted by Crippen LogP contribution is -2.28. The molecule has 214 valence electrons. The molecule has 2 saturated carbocycles. The molecule has 0 aliphatic heterocycles. The van der Waals surface area contributed by atoms with E-state index in [-0.39, 0.29) is 36.4 Å². The lowest BCUT2D eigenvalue weighted by atomic mass is 10.0. The van der Waals surface area contributed by atoms with Gasteiger partial charge in [-0.05, 0) is 49.8 Å². The topological polar surface area (TPSA) is 120 Å². The lowest BCUT2D eigenvalue weighted by molar-refractivity contribution is -0.165. The molecule has 41 heavy (non-hydrogen) atoms. The SMILES string of the molecule is COc1nn(C2CC2)cc1Nc1ncc(-c2ccc(CC(=O)Nc3cc(C4(C(F)(F)F)CC4)on3)c(F)c2)c(C)n1. The zero-order valence-electron chi connectivity index (χ0n) is 22.0. The number of benzene rings is 1. The number of methoxy groups -OCH3 is 1. The van der Waals surface area contributed by atoms with Crippen molar-refractivity contribution in [2.75, 3.05) is 17.7 Å². The summed E-state index contributed by atoms with van der Waals surface area (Å²) >= 11 is 0. The molecule has 3 aromatic heterocycles. The van der Waals surface area contributed by atoms with Gasteiger partial charge in [-0.1, -0.05) is 17.3 Å². The van der Waals surface area contributed by atoms with Crippen LogP contribution in [0.2, 0.25) is 0 Å². The Morgan fingerprint density at radius 3 is 2.66 bits per heavy atom. The van der Waals surface area contributed by atoms with Crippen molar-refractivity contribution in [1.82, 2.24) is 24.9 Å². The highest BCUT2D eigenvalue weighted by atomic mass is 19.4. The van der Waals surface area contributed by atoms with Crippen molar-refractivity contribution in [2.24, 2.45) is 0 Å². The van der Waals surface area contributed by atoms with E-state index in [1.54, 1.807) is 19.2 Å². The standard InChI is InChI=1S/C27H25F4N7O3/c1-14-18(12-32-25(33-14)34-20-13-38(17-5-6-17)36-24(20)40-2)15-3-4-16(19(28)9-15)10-23(39)35-22-11-21(41-37-22)26(7-8-26)27(29,30)31/h3-4,9,11-13,17H,5-8,10H2,1-2H3,(H,32,33,34)(H,35,37,39). The van der Waals surface area contributed by atoms with Gasteiger partial charge in [-0.25, -0.2) is 14.4 Å². The molecule has 2 N–H and O–H groups in total. The van der Waals surface area contributed by atoms with Crippen molar-refractivity contribution < 1.29 is 31.6 Å². The molecule has 0 bridgehead atoms. The summed E-state index contributed by atoms with van der Waals surface area (Å²) in [5, 5.41) is 13.4. The molecule has 10 nitrogen and oxygen atoms in total. The first-order valence-corrected chi connectivity index (χ1v) is 12.9. The van der Waals surface area contributed by atoms with Gasteiger partial charge in [0.25, 0.3) is 5.88 Å². The van der Waals surface area contributed by atoms with Gasteiger partial charge in [0.15, 0.2) is 11.6 Å². The Bertz CT molecular complexity index is 1620. The van der Waals surface area contributed by atoms with Crippen molar-refractivity contribution in [3.63, 3.8) is 0 Å². The Hall–Kier alpha value is -4.49. The van der Waals surface area contributed by atoms with Crippen molar-refractivity contribution in [1.29, 1.82) is 0 Å². The Labute approximate surface area is 231 Å². The number of rotatable bonds is 9. The van der Waals surface area contributed by atoms with E-state index in [0.717, 1.165) is 18.9 Å². The molecule has 0 radical (unpaired) electrons. The maximum Gasteiger partial charge on any atom is 0.401 e. The number of amides is 1.